The Hall–Kier alpha value is -2.22. The third-order valence-electron chi connectivity index (χ3n) is 4.15. The van der Waals surface area contributed by atoms with Crippen molar-refractivity contribution < 1.29 is 14.3 Å². The van der Waals surface area contributed by atoms with Gasteiger partial charge in [-0.2, -0.15) is 5.10 Å². The van der Waals surface area contributed by atoms with E-state index in [1.54, 1.807) is 0 Å². The van der Waals surface area contributed by atoms with Crippen LogP contribution in [0.3, 0.4) is 0 Å². The van der Waals surface area contributed by atoms with Gasteiger partial charge in [-0.1, -0.05) is 12.1 Å². The standard InChI is InChI=1S/C19H26N4O3/c1-13(2)26-9-8-25-12-14-4-3-5-15(10-14)21-19(24)18-16-11-20-7-6-17(16)22-23-18/h3-5,10,13,20H,6-9,11-12H2,1-2H3,(H,21,24)(H,22,23). The van der Waals surface area contributed by atoms with E-state index in [0.29, 0.717) is 32.1 Å². The number of ether oxygens (including phenoxy) is 2. The lowest BCUT2D eigenvalue weighted by molar-refractivity contribution is 0.0143. The maximum Gasteiger partial charge on any atom is 0.276 e. The number of nitrogens with zero attached hydrogens (tertiary/aromatic N) is 1. The zero-order chi connectivity index (χ0) is 18.4. The van der Waals surface area contributed by atoms with E-state index < -0.39 is 0 Å². The molecule has 7 nitrogen and oxygen atoms in total. The second kappa shape index (κ2) is 8.93. The third-order valence-corrected chi connectivity index (χ3v) is 4.15. The van der Waals surface area contributed by atoms with Gasteiger partial charge in [-0.25, -0.2) is 0 Å². The molecule has 0 spiro atoms. The number of hydrogen-bond acceptors (Lipinski definition) is 5. The zero-order valence-electron chi connectivity index (χ0n) is 15.3. The molecular formula is C19H26N4O3. The average Bonchev–Trinajstić information content (AvgIpc) is 3.06. The minimum absolute atomic E-state index is 0.199. The largest absolute Gasteiger partial charge is 0.376 e. The maximum absolute atomic E-state index is 12.6. The van der Waals surface area contributed by atoms with E-state index in [4.69, 9.17) is 9.47 Å². The van der Waals surface area contributed by atoms with Gasteiger partial charge in [0.05, 0.1) is 25.9 Å². The summed E-state index contributed by atoms with van der Waals surface area (Å²) in [6, 6.07) is 7.65. The van der Waals surface area contributed by atoms with Crippen LogP contribution in [0.25, 0.3) is 0 Å². The van der Waals surface area contributed by atoms with E-state index in [1.807, 2.05) is 38.1 Å². The van der Waals surface area contributed by atoms with E-state index in [0.717, 1.165) is 35.5 Å². The Balaban J connectivity index is 1.55. The molecule has 1 aromatic carbocycles. The van der Waals surface area contributed by atoms with Gasteiger partial charge in [0, 0.05) is 36.5 Å². The first-order valence-corrected chi connectivity index (χ1v) is 9.00. The van der Waals surface area contributed by atoms with Crippen molar-refractivity contribution in [2.75, 3.05) is 25.1 Å². The highest BCUT2D eigenvalue weighted by atomic mass is 16.5. The molecule has 0 saturated heterocycles. The van der Waals surface area contributed by atoms with Gasteiger partial charge >= 0.3 is 0 Å². The van der Waals surface area contributed by atoms with Crippen molar-refractivity contribution in [3.05, 3.63) is 46.8 Å². The molecule has 26 heavy (non-hydrogen) atoms. The van der Waals surface area contributed by atoms with Crippen molar-refractivity contribution in [1.82, 2.24) is 15.5 Å². The molecule has 3 rings (SSSR count). The highest BCUT2D eigenvalue weighted by Crippen LogP contribution is 2.18. The molecular weight excluding hydrogens is 332 g/mol. The third kappa shape index (κ3) is 4.91. The number of fused-ring (bicyclic) bond motifs is 1. The van der Waals surface area contributed by atoms with E-state index >= 15 is 0 Å². The number of aromatic nitrogens is 2. The number of carbonyl (C=O) groups is 1. The van der Waals surface area contributed by atoms with Crippen LogP contribution in [0.15, 0.2) is 24.3 Å². The van der Waals surface area contributed by atoms with Crippen molar-refractivity contribution in [2.24, 2.45) is 0 Å². The van der Waals surface area contributed by atoms with Crippen LogP contribution in [0.5, 0.6) is 0 Å². The van der Waals surface area contributed by atoms with E-state index in [2.05, 4.69) is 20.8 Å². The molecule has 2 heterocycles. The number of nitrogens with one attached hydrogen (secondary N) is 3. The number of benzene rings is 1. The fourth-order valence-corrected chi connectivity index (χ4v) is 2.87. The van der Waals surface area contributed by atoms with Gasteiger partial charge in [-0.15, -0.1) is 0 Å². The number of amides is 1. The molecule has 7 heteroatoms. The molecule has 0 saturated carbocycles. The molecule has 0 aliphatic carbocycles. The molecule has 1 amide bonds. The Morgan fingerprint density at radius 1 is 1.35 bits per heavy atom. The minimum Gasteiger partial charge on any atom is -0.376 e. The summed E-state index contributed by atoms with van der Waals surface area (Å²) in [5, 5.41) is 13.3. The number of carbonyl (C=O) groups excluding carboxylic acids is 1. The molecule has 0 radical (unpaired) electrons. The number of hydrogen-bond donors (Lipinski definition) is 3. The summed E-state index contributed by atoms with van der Waals surface area (Å²) in [6.45, 7) is 7.17. The summed E-state index contributed by atoms with van der Waals surface area (Å²) in [5.41, 5.74) is 4.19. The van der Waals surface area contributed by atoms with Gasteiger partial charge in [-0.05, 0) is 31.5 Å². The Morgan fingerprint density at radius 2 is 2.23 bits per heavy atom. The lowest BCUT2D eigenvalue weighted by atomic mass is 10.1. The Bertz CT molecular complexity index is 742. The number of rotatable bonds is 8. The molecule has 140 valence electrons. The molecule has 1 aliphatic rings. The molecule has 0 unspecified atom stereocenters. The van der Waals surface area contributed by atoms with E-state index in [9.17, 15) is 4.79 Å². The molecule has 2 aromatic rings. The number of aromatic amines is 1. The van der Waals surface area contributed by atoms with Gasteiger partial charge < -0.3 is 20.1 Å². The van der Waals surface area contributed by atoms with Gasteiger partial charge in [0.2, 0.25) is 0 Å². The molecule has 0 bridgehead atoms. The summed E-state index contributed by atoms with van der Waals surface area (Å²) >= 11 is 0. The van der Waals surface area contributed by atoms with Crippen molar-refractivity contribution in [2.45, 2.75) is 39.5 Å². The Morgan fingerprint density at radius 3 is 3.08 bits per heavy atom. The van der Waals surface area contributed by atoms with Crippen molar-refractivity contribution >= 4 is 11.6 Å². The van der Waals surface area contributed by atoms with Crippen LogP contribution in [0, 0.1) is 0 Å². The van der Waals surface area contributed by atoms with Crippen LogP contribution in [0.4, 0.5) is 5.69 Å². The van der Waals surface area contributed by atoms with Crippen LogP contribution in [0.1, 0.15) is 41.2 Å². The predicted octanol–water partition coefficient (Wildman–Crippen LogP) is 2.25. The molecule has 3 N–H and O–H groups in total. The minimum atomic E-state index is -0.199. The number of anilines is 1. The first kappa shape index (κ1) is 18.6. The van der Waals surface area contributed by atoms with E-state index in [1.165, 1.54) is 0 Å². The Kier molecular flexibility index (Phi) is 6.38. The fraction of sp³-hybridized carbons (Fsp3) is 0.474. The monoisotopic (exact) mass is 358 g/mol. The summed E-state index contributed by atoms with van der Waals surface area (Å²) in [7, 11) is 0. The first-order valence-electron chi connectivity index (χ1n) is 9.00. The van der Waals surface area contributed by atoms with Gasteiger partial charge in [-0.3, -0.25) is 9.89 Å². The van der Waals surface area contributed by atoms with Crippen LogP contribution in [0.2, 0.25) is 0 Å². The summed E-state index contributed by atoms with van der Waals surface area (Å²) in [6.07, 6.45) is 1.07. The summed E-state index contributed by atoms with van der Waals surface area (Å²) in [5.74, 6) is -0.199. The highest BCUT2D eigenvalue weighted by molar-refractivity contribution is 6.04. The fourth-order valence-electron chi connectivity index (χ4n) is 2.87. The van der Waals surface area contributed by atoms with Crippen LogP contribution < -0.4 is 10.6 Å². The van der Waals surface area contributed by atoms with E-state index in [-0.39, 0.29) is 12.0 Å². The first-order chi connectivity index (χ1) is 12.6. The maximum atomic E-state index is 12.6. The predicted molar refractivity (Wildman–Crippen MR) is 99.1 cm³/mol. The zero-order valence-corrected chi connectivity index (χ0v) is 15.3. The van der Waals surface area contributed by atoms with Crippen molar-refractivity contribution in [3.8, 4) is 0 Å². The van der Waals surface area contributed by atoms with Gasteiger partial charge in [0.1, 0.15) is 0 Å². The average molecular weight is 358 g/mol. The lowest BCUT2D eigenvalue weighted by Crippen LogP contribution is -2.25. The smallest absolute Gasteiger partial charge is 0.276 e. The van der Waals surface area contributed by atoms with Gasteiger partial charge in [0.15, 0.2) is 5.69 Å². The lowest BCUT2D eigenvalue weighted by Gasteiger charge is -2.13. The van der Waals surface area contributed by atoms with Crippen molar-refractivity contribution in [3.63, 3.8) is 0 Å². The molecule has 1 aliphatic heterocycles. The van der Waals surface area contributed by atoms with Crippen LogP contribution in [-0.4, -0.2) is 42.0 Å². The quantitative estimate of drug-likeness (QED) is 0.630. The van der Waals surface area contributed by atoms with Crippen LogP contribution in [-0.2, 0) is 29.0 Å². The van der Waals surface area contributed by atoms with Gasteiger partial charge in [0.25, 0.3) is 5.91 Å². The van der Waals surface area contributed by atoms with Crippen molar-refractivity contribution in [1.29, 1.82) is 0 Å². The summed E-state index contributed by atoms with van der Waals surface area (Å²) in [4.78, 5) is 12.6. The molecule has 0 atom stereocenters. The topological polar surface area (TPSA) is 88.3 Å². The second-order valence-electron chi connectivity index (χ2n) is 6.58. The molecule has 0 fully saturated rings. The van der Waals surface area contributed by atoms with Crippen LogP contribution >= 0.6 is 0 Å². The second-order valence-corrected chi connectivity index (χ2v) is 6.58. The highest BCUT2D eigenvalue weighted by Gasteiger charge is 2.21. The normalized spacial score (nSPS) is 13.7. The number of H-pyrrole nitrogens is 1. The molecule has 1 aromatic heterocycles. The Labute approximate surface area is 153 Å². The SMILES string of the molecule is CC(C)OCCOCc1cccc(NC(=O)c2n[nH]c3c2CNCC3)c1. The summed E-state index contributed by atoms with van der Waals surface area (Å²) < 4.78 is 11.1.